The molecular formula is C14H11BrN2O3. The van der Waals surface area contributed by atoms with Crippen molar-refractivity contribution in [3.63, 3.8) is 0 Å². The summed E-state index contributed by atoms with van der Waals surface area (Å²) in [6.07, 6.45) is 1.17. The van der Waals surface area contributed by atoms with Crippen LogP contribution in [0.15, 0.2) is 47.1 Å². The summed E-state index contributed by atoms with van der Waals surface area (Å²) in [5.74, 6) is -1.37. The molecule has 0 fully saturated rings. The SMILES string of the molecule is CN(C(=O)c1ccc(C(=O)O)cn1)c1ccc(Br)cc1. The van der Waals surface area contributed by atoms with Crippen molar-refractivity contribution in [1.82, 2.24) is 4.98 Å². The van der Waals surface area contributed by atoms with Gasteiger partial charge in [-0.3, -0.25) is 9.78 Å². The summed E-state index contributed by atoms with van der Waals surface area (Å²) in [6.45, 7) is 0. The second-order valence-corrected chi connectivity index (χ2v) is 4.99. The van der Waals surface area contributed by atoms with Crippen LogP contribution in [0.1, 0.15) is 20.8 Å². The van der Waals surface area contributed by atoms with Gasteiger partial charge in [0.25, 0.3) is 5.91 Å². The van der Waals surface area contributed by atoms with Crippen molar-refractivity contribution in [2.75, 3.05) is 11.9 Å². The number of carboxylic acids is 1. The second kappa shape index (κ2) is 5.83. The monoisotopic (exact) mass is 334 g/mol. The summed E-state index contributed by atoms with van der Waals surface area (Å²) in [5, 5.41) is 8.79. The fraction of sp³-hybridized carbons (Fsp3) is 0.0714. The normalized spacial score (nSPS) is 10.1. The number of halogens is 1. The molecule has 102 valence electrons. The second-order valence-electron chi connectivity index (χ2n) is 4.08. The first-order valence-corrected chi connectivity index (χ1v) is 6.51. The van der Waals surface area contributed by atoms with Gasteiger partial charge in [0.15, 0.2) is 0 Å². The summed E-state index contributed by atoms with van der Waals surface area (Å²) >= 11 is 3.33. The largest absolute Gasteiger partial charge is 0.478 e. The molecule has 0 unspecified atom stereocenters. The zero-order valence-corrected chi connectivity index (χ0v) is 12.2. The van der Waals surface area contributed by atoms with Gasteiger partial charge in [0.1, 0.15) is 5.69 Å². The first-order chi connectivity index (χ1) is 9.49. The minimum absolute atomic E-state index is 0.0489. The van der Waals surface area contributed by atoms with E-state index in [1.54, 1.807) is 19.2 Å². The van der Waals surface area contributed by atoms with Crippen LogP contribution in [0.5, 0.6) is 0 Å². The minimum atomic E-state index is -1.07. The zero-order chi connectivity index (χ0) is 14.7. The van der Waals surface area contributed by atoms with E-state index in [1.165, 1.54) is 23.2 Å². The number of aromatic carboxylic acids is 1. The van der Waals surface area contributed by atoms with Crippen LogP contribution in [-0.4, -0.2) is 29.0 Å². The number of amides is 1. The van der Waals surface area contributed by atoms with Crippen LogP contribution in [0.2, 0.25) is 0 Å². The molecule has 0 atom stereocenters. The van der Waals surface area contributed by atoms with Crippen molar-refractivity contribution in [2.24, 2.45) is 0 Å². The van der Waals surface area contributed by atoms with Crippen LogP contribution >= 0.6 is 15.9 Å². The van der Waals surface area contributed by atoms with Crippen LogP contribution in [0.25, 0.3) is 0 Å². The lowest BCUT2D eigenvalue weighted by molar-refractivity contribution is 0.0695. The number of carboxylic acid groups (broad SMARTS) is 1. The molecule has 2 rings (SSSR count). The number of hydrogen-bond donors (Lipinski definition) is 1. The number of aromatic nitrogens is 1. The summed E-state index contributed by atoms with van der Waals surface area (Å²) in [7, 11) is 1.64. The number of hydrogen-bond acceptors (Lipinski definition) is 3. The molecule has 0 saturated carbocycles. The quantitative estimate of drug-likeness (QED) is 0.936. The Balaban J connectivity index is 2.22. The van der Waals surface area contributed by atoms with Crippen molar-refractivity contribution in [2.45, 2.75) is 0 Å². The van der Waals surface area contributed by atoms with Gasteiger partial charge in [-0.25, -0.2) is 4.79 Å². The van der Waals surface area contributed by atoms with Gasteiger partial charge in [0.05, 0.1) is 5.56 Å². The van der Waals surface area contributed by atoms with E-state index in [4.69, 9.17) is 5.11 Å². The molecule has 1 amide bonds. The topological polar surface area (TPSA) is 70.5 Å². The maximum absolute atomic E-state index is 12.2. The first-order valence-electron chi connectivity index (χ1n) is 5.72. The van der Waals surface area contributed by atoms with E-state index in [1.807, 2.05) is 12.1 Å². The van der Waals surface area contributed by atoms with E-state index in [0.717, 1.165) is 10.2 Å². The standard InChI is InChI=1S/C14H11BrN2O3/c1-17(11-5-3-10(15)4-6-11)13(18)12-7-2-9(8-16-12)14(19)20/h2-8H,1H3,(H,19,20). The van der Waals surface area contributed by atoms with Crippen molar-refractivity contribution >= 4 is 33.5 Å². The van der Waals surface area contributed by atoms with Gasteiger partial charge in [-0.2, -0.15) is 0 Å². The third-order valence-corrected chi connectivity index (χ3v) is 3.28. The number of nitrogens with zero attached hydrogens (tertiary/aromatic N) is 2. The molecule has 0 aliphatic heterocycles. The molecule has 1 N–H and O–H groups in total. The number of carbonyl (C=O) groups excluding carboxylic acids is 1. The molecule has 0 spiro atoms. The van der Waals surface area contributed by atoms with Gasteiger partial charge in [0.2, 0.25) is 0 Å². The molecule has 1 aromatic heterocycles. The number of carbonyl (C=O) groups is 2. The fourth-order valence-corrected chi connectivity index (χ4v) is 1.86. The molecule has 2 aromatic rings. The molecule has 6 heteroatoms. The Morgan fingerprint density at radius 3 is 2.30 bits per heavy atom. The van der Waals surface area contributed by atoms with E-state index in [9.17, 15) is 9.59 Å². The molecule has 1 heterocycles. The maximum Gasteiger partial charge on any atom is 0.337 e. The van der Waals surface area contributed by atoms with Crippen LogP contribution in [0.3, 0.4) is 0 Å². The summed E-state index contributed by atoms with van der Waals surface area (Å²) < 4.78 is 0.922. The third kappa shape index (κ3) is 3.03. The smallest absolute Gasteiger partial charge is 0.337 e. The molecule has 0 saturated heterocycles. The van der Waals surface area contributed by atoms with E-state index in [-0.39, 0.29) is 17.2 Å². The van der Waals surface area contributed by atoms with Crippen molar-refractivity contribution in [3.05, 3.63) is 58.3 Å². The highest BCUT2D eigenvalue weighted by Crippen LogP contribution is 2.18. The van der Waals surface area contributed by atoms with Crippen LogP contribution in [-0.2, 0) is 0 Å². The van der Waals surface area contributed by atoms with Crippen LogP contribution in [0, 0.1) is 0 Å². The van der Waals surface area contributed by atoms with Crippen LogP contribution in [0.4, 0.5) is 5.69 Å². The van der Waals surface area contributed by atoms with E-state index < -0.39 is 5.97 Å². The molecular weight excluding hydrogens is 324 g/mol. The Kier molecular flexibility index (Phi) is 4.14. The number of anilines is 1. The van der Waals surface area contributed by atoms with E-state index in [0.29, 0.717) is 0 Å². The molecule has 1 aromatic carbocycles. The van der Waals surface area contributed by atoms with Crippen LogP contribution < -0.4 is 4.90 Å². The van der Waals surface area contributed by atoms with Gasteiger partial charge in [0, 0.05) is 23.4 Å². The fourth-order valence-electron chi connectivity index (χ4n) is 1.60. The Hall–Kier alpha value is -2.21. The Morgan fingerprint density at radius 2 is 1.80 bits per heavy atom. The minimum Gasteiger partial charge on any atom is -0.478 e. The summed E-state index contributed by atoms with van der Waals surface area (Å²) in [6, 6.07) is 10.0. The van der Waals surface area contributed by atoms with Crippen molar-refractivity contribution < 1.29 is 14.7 Å². The maximum atomic E-state index is 12.2. The van der Waals surface area contributed by atoms with Gasteiger partial charge in [-0.05, 0) is 36.4 Å². The lowest BCUT2D eigenvalue weighted by Crippen LogP contribution is -2.27. The lowest BCUT2D eigenvalue weighted by Gasteiger charge is -2.16. The van der Waals surface area contributed by atoms with E-state index >= 15 is 0 Å². The highest BCUT2D eigenvalue weighted by molar-refractivity contribution is 9.10. The van der Waals surface area contributed by atoms with Gasteiger partial charge < -0.3 is 10.0 Å². The Labute approximate surface area is 124 Å². The van der Waals surface area contributed by atoms with Gasteiger partial charge in [-0.15, -0.1) is 0 Å². The number of rotatable bonds is 3. The molecule has 0 aliphatic carbocycles. The zero-order valence-electron chi connectivity index (χ0n) is 10.6. The lowest BCUT2D eigenvalue weighted by atomic mass is 10.2. The summed E-state index contributed by atoms with van der Waals surface area (Å²) in [5.41, 5.74) is 0.968. The molecule has 0 radical (unpaired) electrons. The van der Waals surface area contributed by atoms with Crippen molar-refractivity contribution in [1.29, 1.82) is 0 Å². The highest BCUT2D eigenvalue weighted by atomic mass is 79.9. The third-order valence-electron chi connectivity index (χ3n) is 2.75. The molecule has 5 nitrogen and oxygen atoms in total. The van der Waals surface area contributed by atoms with Crippen molar-refractivity contribution in [3.8, 4) is 0 Å². The number of pyridine rings is 1. The average Bonchev–Trinajstić information content (AvgIpc) is 2.46. The average molecular weight is 335 g/mol. The van der Waals surface area contributed by atoms with E-state index in [2.05, 4.69) is 20.9 Å². The van der Waals surface area contributed by atoms with Gasteiger partial charge in [-0.1, -0.05) is 15.9 Å². The Morgan fingerprint density at radius 1 is 1.15 bits per heavy atom. The first kappa shape index (κ1) is 14.2. The highest BCUT2D eigenvalue weighted by Gasteiger charge is 2.15. The predicted octanol–water partition coefficient (Wildman–Crippen LogP) is 2.82. The Bertz CT molecular complexity index is 638. The molecule has 0 bridgehead atoms. The predicted molar refractivity (Wildman–Crippen MR) is 78.1 cm³/mol. The van der Waals surface area contributed by atoms with Gasteiger partial charge >= 0.3 is 5.97 Å². The molecule has 20 heavy (non-hydrogen) atoms. The summed E-state index contributed by atoms with van der Waals surface area (Å²) in [4.78, 5) is 28.3. The molecule has 0 aliphatic rings. The number of benzene rings is 1.